The summed E-state index contributed by atoms with van der Waals surface area (Å²) in [6.07, 6.45) is -0.395. The summed E-state index contributed by atoms with van der Waals surface area (Å²) in [5.74, 6) is 0.0696. The summed E-state index contributed by atoms with van der Waals surface area (Å²) < 4.78 is 5.53. The fourth-order valence-electron chi connectivity index (χ4n) is 3.77. The van der Waals surface area contributed by atoms with Gasteiger partial charge >= 0.3 is 6.09 Å². The molecule has 1 fully saturated rings. The van der Waals surface area contributed by atoms with Crippen molar-refractivity contribution in [1.29, 1.82) is 0 Å². The van der Waals surface area contributed by atoms with Crippen LogP contribution in [0.2, 0.25) is 0 Å². The normalized spacial score (nSPS) is 18.5. The van der Waals surface area contributed by atoms with E-state index in [1.165, 1.54) is 0 Å². The molecule has 1 atom stereocenters. The highest BCUT2D eigenvalue weighted by Gasteiger charge is 2.38. The van der Waals surface area contributed by atoms with E-state index >= 15 is 0 Å². The van der Waals surface area contributed by atoms with Gasteiger partial charge in [0.2, 0.25) is 0 Å². The van der Waals surface area contributed by atoms with Crippen LogP contribution in [0.4, 0.5) is 4.79 Å². The summed E-state index contributed by atoms with van der Waals surface area (Å²) in [4.78, 5) is 16.4. The first kappa shape index (κ1) is 21.6. The Morgan fingerprint density at radius 1 is 1.07 bits per heavy atom. The van der Waals surface area contributed by atoms with Gasteiger partial charge in [-0.05, 0) is 31.9 Å². The van der Waals surface area contributed by atoms with Crippen molar-refractivity contribution in [3.05, 3.63) is 71.8 Å². The lowest BCUT2D eigenvalue weighted by molar-refractivity contribution is 0.00625. The predicted octanol–water partition coefficient (Wildman–Crippen LogP) is 3.44. The highest BCUT2D eigenvalue weighted by molar-refractivity contribution is 5.86. The van der Waals surface area contributed by atoms with Crippen LogP contribution in [0.3, 0.4) is 0 Å². The number of carbonyl (C=O) groups excluding carboxylic acids is 1. The van der Waals surface area contributed by atoms with Gasteiger partial charge in [0.25, 0.3) is 0 Å². The molecular weight excluding hydrogens is 380 g/mol. The summed E-state index contributed by atoms with van der Waals surface area (Å²) >= 11 is 0. The van der Waals surface area contributed by atoms with E-state index in [4.69, 9.17) is 10.5 Å². The average Bonchev–Trinajstić information content (AvgIpc) is 2.74. The number of amides is 1. The Hall–Kier alpha value is -3.06. The molecule has 0 saturated carbocycles. The van der Waals surface area contributed by atoms with Gasteiger partial charge in [-0.25, -0.2) is 4.79 Å². The van der Waals surface area contributed by atoms with Gasteiger partial charge in [-0.2, -0.15) is 0 Å². The number of hydrogen-bond donors (Lipinski definition) is 2. The SMILES string of the molecule is CC(C)(C)OC(=O)N1CCN(C(c2ccccc2)c2ccccc2)[C@H](/C(N)=N/O)C1. The Morgan fingerprint density at radius 3 is 2.07 bits per heavy atom. The van der Waals surface area contributed by atoms with E-state index < -0.39 is 17.7 Å². The number of hydrogen-bond acceptors (Lipinski definition) is 5. The molecule has 1 saturated heterocycles. The molecule has 7 heteroatoms. The van der Waals surface area contributed by atoms with Crippen molar-refractivity contribution >= 4 is 11.9 Å². The number of ether oxygens (including phenoxy) is 1. The van der Waals surface area contributed by atoms with E-state index in [2.05, 4.69) is 34.3 Å². The molecule has 7 nitrogen and oxygen atoms in total. The molecule has 3 N–H and O–H groups in total. The third kappa shape index (κ3) is 5.10. The topological polar surface area (TPSA) is 91.4 Å². The number of piperazine rings is 1. The molecule has 0 aliphatic carbocycles. The summed E-state index contributed by atoms with van der Waals surface area (Å²) in [6, 6.07) is 19.7. The average molecular weight is 411 g/mol. The number of benzene rings is 2. The van der Waals surface area contributed by atoms with E-state index in [0.717, 1.165) is 11.1 Å². The Kier molecular flexibility index (Phi) is 6.62. The molecule has 1 aliphatic rings. The first-order valence-electron chi connectivity index (χ1n) is 10.1. The lowest BCUT2D eigenvalue weighted by Crippen LogP contribution is -2.60. The molecule has 2 aromatic rings. The zero-order chi connectivity index (χ0) is 21.7. The van der Waals surface area contributed by atoms with Crippen LogP contribution < -0.4 is 5.73 Å². The lowest BCUT2D eigenvalue weighted by atomic mass is 9.94. The van der Waals surface area contributed by atoms with Crippen LogP contribution in [0.5, 0.6) is 0 Å². The zero-order valence-corrected chi connectivity index (χ0v) is 17.7. The van der Waals surface area contributed by atoms with E-state index in [1.807, 2.05) is 57.2 Å². The van der Waals surface area contributed by atoms with Crippen LogP contribution in [-0.4, -0.2) is 58.2 Å². The van der Waals surface area contributed by atoms with E-state index in [0.29, 0.717) is 13.1 Å². The van der Waals surface area contributed by atoms with Crippen LogP contribution in [0.1, 0.15) is 37.9 Å². The van der Waals surface area contributed by atoms with Crippen LogP contribution in [0.25, 0.3) is 0 Å². The molecule has 1 amide bonds. The van der Waals surface area contributed by atoms with Gasteiger partial charge in [-0.3, -0.25) is 4.90 Å². The number of carbonyl (C=O) groups is 1. The lowest BCUT2D eigenvalue weighted by Gasteiger charge is -2.44. The molecule has 0 aromatic heterocycles. The first-order valence-corrected chi connectivity index (χ1v) is 10.1. The number of amidine groups is 1. The minimum atomic E-state index is -0.586. The number of oxime groups is 1. The number of nitrogens with two attached hydrogens (primary N) is 1. The maximum Gasteiger partial charge on any atom is 0.410 e. The largest absolute Gasteiger partial charge is 0.444 e. The quantitative estimate of drug-likeness (QED) is 0.349. The first-order chi connectivity index (χ1) is 14.3. The minimum Gasteiger partial charge on any atom is -0.444 e. The summed E-state index contributed by atoms with van der Waals surface area (Å²) in [6.45, 7) is 6.82. The van der Waals surface area contributed by atoms with Crippen molar-refractivity contribution in [2.24, 2.45) is 10.9 Å². The molecule has 2 aromatic carbocycles. The van der Waals surface area contributed by atoms with Crippen LogP contribution in [-0.2, 0) is 4.74 Å². The predicted molar refractivity (Wildman–Crippen MR) is 116 cm³/mol. The van der Waals surface area contributed by atoms with E-state index in [-0.39, 0.29) is 18.4 Å². The van der Waals surface area contributed by atoms with Crippen molar-refractivity contribution in [2.45, 2.75) is 38.5 Å². The van der Waals surface area contributed by atoms with Crippen molar-refractivity contribution in [2.75, 3.05) is 19.6 Å². The smallest absolute Gasteiger partial charge is 0.410 e. The number of nitrogens with zero attached hydrogens (tertiary/aromatic N) is 3. The Balaban J connectivity index is 1.94. The van der Waals surface area contributed by atoms with E-state index in [9.17, 15) is 10.0 Å². The van der Waals surface area contributed by atoms with Gasteiger partial charge in [0.15, 0.2) is 5.84 Å². The molecule has 30 heavy (non-hydrogen) atoms. The van der Waals surface area contributed by atoms with Gasteiger partial charge < -0.3 is 20.6 Å². The fraction of sp³-hybridized carbons (Fsp3) is 0.391. The maximum atomic E-state index is 12.6. The second-order valence-electron chi connectivity index (χ2n) is 8.43. The molecule has 0 unspecified atom stereocenters. The fourth-order valence-corrected chi connectivity index (χ4v) is 3.77. The molecule has 160 valence electrons. The molecule has 1 aliphatic heterocycles. The van der Waals surface area contributed by atoms with Crippen molar-refractivity contribution < 1.29 is 14.7 Å². The second-order valence-corrected chi connectivity index (χ2v) is 8.43. The Labute approximate surface area is 177 Å². The third-order valence-corrected chi connectivity index (χ3v) is 5.09. The van der Waals surface area contributed by atoms with Gasteiger partial charge in [-0.1, -0.05) is 65.8 Å². The Morgan fingerprint density at radius 2 is 1.60 bits per heavy atom. The monoisotopic (exact) mass is 410 g/mol. The third-order valence-electron chi connectivity index (χ3n) is 5.09. The molecule has 1 heterocycles. The highest BCUT2D eigenvalue weighted by Crippen LogP contribution is 2.32. The number of rotatable bonds is 4. The highest BCUT2D eigenvalue weighted by atomic mass is 16.6. The maximum absolute atomic E-state index is 12.6. The standard InChI is InChI=1S/C23H30N4O3/c1-23(2,3)30-22(28)26-14-15-27(19(16-26)21(24)25-29)20(17-10-6-4-7-11-17)18-12-8-5-9-13-18/h4-13,19-20,29H,14-16H2,1-3H3,(H2,24,25)/t19-/m0/s1. The summed E-state index contributed by atoms with van der Waals surface area (Å²) in [5, 5.41) is 12.7. The Bertz CT molecular complexity index is 826. The van der Waals surface area contributed by atoms with Crippen molar-refractivity contribution in [1.82, 2.24) is 9.80 Å². The van der Waals surface area contributed by atoms with Crippen LogP contribution in [0, 0.1) is 0 Å². The van der Waals surface area contributed by atoms with Crippen LogP contribution in [0.15, 0.2) is 65.8 Å². The van der Waals surface area contributed by atoms with E-state index in [1.54, 1.807) is 4.90 Å². The van der Waals surface area contributed by atoms with Crippen molar-refractivity contribution in [3.63, 3.8) is 0 Å². The van der Waals surface area contributed by atoms with Gasteiger partial charge in [0.05, 0.1) is 12.1 Å². The molecule has 0 radical (unpaired) electrons. The second kappa shape index (κ2) is 9.17. The summed E-state index contributed by atoms with van der Waals surface area (Å²) in [5.41, 5.74) is 7.72. The van der Waals surface area contributed by atoms with Crippen LogP contribution >= 0.6 is 0 Å². The zero-order valence-electron chi connectivity index (χ0n) is 17.7. The molecule has 0 bridgehead atoms. The van der Waals surface area contributed by atoms with Gasteiger partial charge in [0.1, 0.15) is 5.60 Å². The molecule has 3 rings (SSSR count). The minimum absolute atomic E-state index is 0.0696. The molecular formula is C23H30N4O3. The summed E-state index contributed by atoms with van der Waals surface area (Å²) in [7, 11) is 0. The van der Waals surface area contributed by atoms with Gasteiger partial charge in [0, 0.05) is 19.6 Å². The van der Waals surface area contributed by atoms with Crippen molar-refractivity contribution in [3.8, 4) is 0 Å². The molecule has 0 spiro atoms. The van der Waals surface area contributed by atoms with Gasteiger partial charge in [-0.15, -0.1) is 0 Å².